The summed E-state index contributed by atoms with van der Waals surface area (Å²) in [5, 5.41) is 1.99. The van der Waals surface area contributed by atoms with E-state index in [2.05, 4.69) is 4.99 Å². The molecule has 0 aliphatic carbocycles. The maximum atomic E-state index is 12.5. The Balaban J connectivity index is 1.76. The molecular weight excluding hydrogens is 320 g/mol. The number of morpholine rings is 1. The Hall–Kier alpha value is -1.54. The van der Waals surface area contributed by atoms with E-state index in [0.717, 1.165) is 10.6 Å². The smallest absolute Gasteiger partial charge is 0.243 e. The van der Waals surface area contributed by atoms with Crippen molar-refractivity contribution in [2.75, 3.05) is 26.3 Å². The van der Waals surface area contributed by atoms with Gasteiger partial charge in [0.15, 0.2) is 0 Å². The lowest BCUT2D eigenvalue weighted by Gasteiger charge is -2.26. The van der Waals surface area contributed by atoms with Crippen molar-refractivity contribution in [1.82, 2.24) is 4.31 Å². The minimum atomic E-state index is -3.43. The molecule has 0 bridgehead atoms. The van der Waals surface area contributed by atoms with Crippen LogP contribution < -0.4 is 0 Å². The quantitative estimate of drug-likeness (QED) is 0.806. The van der Waals surface area contributed by atoms with Crippen LogP contribution in [0.1, 0.15) is 4.88 Å². The Kier molecular flexibility index (Phi) is 4.68. The second-order valence-electron chi connectivity index (χ2n) is 4.78. The molecule has 1 aliphatic heterocycles. The van der Waals surface area contributed by atoms with Crippen molar-refractivity contribution in [3.63, 3.8) is 0 Å². The highest BCUT2D eigenvalue weighted by molar-refractivity contribution is 7.89. The van der Waals surface area contributed by atoms with Gasteiger partial charge in [0.05, 0.1) is 23.8 Å². The van der Waals surface area contributed by atoms with E-state index in [1.54, 1.807) is 41.8 Å². The van der Waals surface area contributed by atoms with Gasteiger partial charge in [-0.05, 0) is 35.7 Å². The minimum absolute atomic E-state index is 0.296. The molecule has 0 amide bonds. The van der Waals surface area contributed by atoms with Crippen molar-refractivity contribution in [3.8, 4) is 0 Å². The van der Waals surface area contributed by atoms with Gasteiger partial charge in [-0.2, -0.15) is 4.31 Å². The fourth-order valence-corrected chi connectivity index (χ4v) is 4.14. The first-order valence-corrected chi connectivity index (χ1v) is 9.24. The number of nitrogens with zero attached hydrogens (tertiary/aromatic N) is 2. The lowest BCUT2D eigenvalue weighted by Crippen LogP contribution is -2.40. The largest absolute Gasteiger partial charge is 0.379 e. The molecule has 0 saturated carbocycles. The third-order valence-electron chi connectivity index (χ3n) is 3.33. The Morgan fingerprint density at radius 1 is 1.14 bits per heavy atom. The van der Waals surface area contributed by atoms with E-state index < -0.39 is 10.0 Å². The molecule has 22 heavy (non-hydrogen) atoms. The minimum Gasteiger partial charge on any atom is -0.379 e. The molecule has 2 heterocycles. The highest BCUT2D eigenvalue weighted by Crippen LogP contribution is 2.21. The lowest BCUT2D eigenvalue weighted by molar-refractivity contribution is 0.0730. The summed E-state index contributed by atoms with van der Waals surface area (Å²) in [5.74, 6) is 0. The van der Waals surface area contributed by atoms with Crippen molar-refractivity contribution < 1.29 is 13.2 Å². The van der Waals surface area contributed by atoms with Crippen LogP contribution in [0.4, 0.5) is 5.69 Å². The molecule has 1 aromatic carbocycles. The summed E-state index contributed by atoms with van der Waals surface area (Å²) in [6.45, 7) is 1.70. The van der Waals surface area contributed by atoms with Crippen LogP contribution in [0.25, 0.3) is 0 Å². The number of hydrogen-bond acceptors (Lipinski definition) is 5. The van der Waals surface area contributed by atoms with E-state index >= 15 is 0 Å². The molecule has 0 atom stereocenters. The topological polar surface area (TPSA) is 59.0 Å². The zero-order chi connectivity index (χ0) is 15.4. The molecule has 1 saturated heterocycles. The van der Waals surface area contributed by atoms with Crippen LogP contribution in [-0.2, 0) is 14.8 Å². The second-order valence-corrected chi connectivity index (χ2v) is 7.70. The fourth-order valence-electron chi connectivity index (χ4n) is 2.14. The molecule has 3 rings (SSSR count). The molecule has 5 nitrogen and oxygen atoms in total. The highest BCUT2D eigenvalue weighted by atomic mass is 32.2. The van der Waals surface area contributed by atoms with Crippen molar-refractivity contribution in [2.24, 2.45) is 4.99 Å². The normalized spacial score (nSPS) is 17.1. The number of ether oxygens (including phenoxy) is 1. The standard InChI is InChI=1S/C15H16N2O3S2/c18-22(19,17-7-9-20-10-8-17)15-5-3-13(4-6-15)16-12-14-2-1-11-21-14/h1-6,11-12H,7-10H2. The van der Waals surface area contributed by atoms with Gasteiger partial charge in [-0.25, -0.2) is 8.42 Å². The van der Waals surface area contributed by atoms with Crippen LogP contribution in [0.5, 0.6) is 0 Å². The van der Waals surface area contributed by atoms with E-state index in [1.165, 1.54) is 4.31 Å². The number of rotatable bonds is 4. The molecule has 7 heteroatoms. The first-order chi connectivity index (χ1) is 10.7. The Labute approximate surface area is 133 Å². The van der Waals surface area contributed by atoms with Gasteiger partial charge in [0.2, 0.25) is 10.0 Å². The number of hydrogen-bond donors (Lipinski definition) is 0. The summed E-state index contributed by atoms with van der Waals surface area (Å²) in [7, 11) is -3.43. The Morgan fingerprint density at radius 2 is 1.86 bits per heavy atom. The summed E-state index contributed by atoms with van der Waals surface area (Å²) in [6, 6.07) is 10.6. The lowest BCUT2D eigenvalue weighted by atomic mass is 10.3. The number of benzene rings is 1. The average Bonchev–Trinajstić information content (AvgIpc) is 3.08. The first-order valence-electron chi connectivity index (χ1n) is 6.92. The third kappa shape index (κ3) is 3.44. The van der Waals surface area contributed by atoms with Gasteiger partial charge in [-0.3, -0.25) is 4.99 Å². The van der Waals surface area contributed by atoms with Crippen molar-refractivity contribution in [2.45, 2.75) is 4.90 Å². The number of thiophene rings is 1. The van der Waals surface area contributed by atoms with Crippen molar-refractivity contribution in [1.29, 1.82) is 0 Å². The summed E-state index contributed by atoms with van der Waals surface area (Å²) in [5.41, 5.74) is 0.731. The average molecular weight is 336 g/mol. The molecule has 0 N–H and O–H groups in total. The van der Waals surface area contributed by atoms with Gasteiger partial charge in [0.1, 0.15) is 0 Å². The zero-order valence-corrected chi connectivity index (χ0v) is 13.5. The van der Waals surface area contributed by atoms with E-state index in [4.69, 9.17) is 4.74 Å². The second kappa shape index (κ2) is 6.70. The van der Waals surface area contributed by atoms with Crippen LogP contribution in [0.3, 0.4) is 0 Å². The van der Waals surface area contributed by atoms with Gasteiger partial charge in [-0.1, -0.05) is 6.07 Å². The van der Waals surface area contributed by atoms with Crippen molar-refractivity contribution in [3.05, 3.63) is 46.7 Å². The maximum absolute atomic E-state index is 12.5. The third-order valence-corrected chi connectivity index (χ3v) is 6.05. The first kappa shape index (κ1) is 15.4. The van der Waals surface area contributed by atoms with Crippen molar-refractivity contribution >= 4 is 33.3 Å². The highest BCUT2D eigenvalue weighted by Gasteiger charge is 2.25. The monoisotopic (exact) mass is 336 g/mol. The van der Waals surface area contributed by atoms with Crippen LogP contribution in [0.2, 0.25) is 0 Å². The number of aliphatic imine (C=N–C) groups is 1. The van der Waals surface area contributed by atoms with Crippen LogP contribution in [-0.4, -0.2) is 45.2 Å². The van der Waals surface area contributed by atoms with Gasteiger partial charge in [0, 0.05) is 24.2 Å². The molecule has 2 aromatic rings. The molecule has 1 aromatic heterocycles. The molecular formula is C15H16N2O3S2. The van der Waals surface area contributed by atoms with Gasteiger partial charge < -0.3 is 4.74 Å². The van der Waals surface area contributed by atoms with Crippen LogP contribution in [0, 0.1) is 0 Å². The summed E-state index contributed by atoms with van der Waals surface area (Å²) >= 11 is 1.60. The van der Waals surface area contributed by atoms with Crippen LogP contribution in [0.15, 0.2) is 51.7 Å². The zero-order valence-electron chi connectivity index (χ0n) is 11.9. The number of sulfonamides is 1. The van der Waals surface area contributed by atoms with E-state index in [0.29, 0.717) is 31.2 Å². The molecule has 0 unspecified atom stereocenters. The van der Waals surface area contributed by atoms with Gasteiger partial charge >= 0.3 is 0 Å². The molecule has 1 aliphatic rings. The van der Waals surface area contributed by atoms with E-state index in [9.17, 15) is 8.42 Å². The maximum Gasteiger partial charge on any atom is 0.243 e. The summed E-state index contributed by atoms with van der Waals surface area (Å²) < 4.78 is 31.6. The van der Waals surface area contributed by atoms with Gasteiger partial charge in [-0.15, -0.1) is 11.3 Å². The molecule has 116 valence electrons. The SMILES string of the molecule is O=S(=O)(c1ccc(N=Cc2cccs2)cc1)N1CCOCC1. The molecule has 0 spiro atoms. The van der Waals surface area contributed by atoms with Gasteiger partial charge in [0.25, 0.3) is 0 Å². The Morgan fingerprint density at radius 3 is 2.50 bits per heavy atom. The van der Waals surface area contributed by atoms with Crippen LogP contribution >= 0.6 is 11.3 Å². The summed E-state index contributed by atoms with van der Waals surface area (Å²) in [4.78, 5) is 5.70. The van der Waals surface area contributed by atoms with E-state index in [1.807, 2.05) is 17.5 Å². The molecule has 0 radical (unpaired) electrons. The fraction of sp³-hybridized carbons (Fsp3) is 0.267. The predicted molar refractivity (Wildman–Crippen MR) is 87.6 cm³/mol. The Bertz CT molecular complexity index is 732. The van der Waals surface area contributed by atoms with E-state index in [-0.39, 0.29) is 0 Å². The predicted octanol–water partition coefficient (Wildman–Crippen LogP) is 2.52. The summed E-state index contributed by atoms with van der Waals surface area (Å²) in [6.07, 6.45) is 1.77. The molecule has 1 fully saturated rings.